The van der Waals surface area contributed by atoms with E-state index in [2.05, 4.69) is 35.6 Å². The lowest BCUT2D eigenvalue weighted by atomic mass is 10.3. The van der Waals surface area contributed by atoms with Crippen molar-refractivity contribution in [3.05, 3.63) is 30.4 Å². The molecule has 0 saturated heterocycles. The molecule has 0 saturated carbocycles. The first-order valence-electron chi connectivity index (χ1n) is 5.59. The number of aromatic nitrogens is 4. The van der Waals surface area contributed by atoms with Crippen LogP contribution < -0.4 is 5.32 Å². The molecule has 86 valence electrons. The predicted molar refractivity (Wildman–Crippen MR) is 63.1 cm³/mol. The van der Waals surface area contributed by atoms with E-state index in [0.29, 0.717) is 0 Å². The maximum Gasteiger partial charge on any atom is 0.0729 e. The second-order valence-corrected chi connectivity index (χ2v) is 3.64. The molecule has 0 spiro atoms. The van der Waals surface area contributed by atoms with Gasteiger partial charge in [0.2, 0.25) is 0 Å². The second-order valence-electron chi connectivity index (χ2n) is 3.64. The summed E-state index contributed by atoms with van der Waals surface area (Å²) in [6.07, 6.45) is 7.79. The normalized spacial score (nSPS) is 10.6. The van der Waals surface area contributed by atoms with E-state index in [0.717, 1.165) is 25.3 Å². The molecule has 0 amide bonds. The van der Waals surface area contributed by atoms with Crippen LogP contribution in [-0.2, 0) is 19.6 Å². The van der Waals surface area contributed by atoms with Crippen LogP contribution in [0.4, 0.5) is 5.69 Å². The van der Waals surface area contributed by atoms with E-state index in [-0.39, 0.29) is 0 Å². The highest BCUT2D eigenvalue weighted by molar-refractivity contribution is 5.38. The van der Waals surface area contributed by atoms with Crippen molar-refractivity contribution in [3.63, 3.8) is 0 Å². The Labute approximate surface area is 95.1 Å². The quantitative estimate of drug-likeness (QED) is 0.833. The minimum absolute atomic E-state index is 0.787. The zero-order valence-electron chi connectivity index (χ0n) is 9.72. The van der Waals surface area contributed by atoms with Crippen LogP contribution in [0.3, 0.4) is 0 Å². The first kappa shape index (κ1) is 10.7. The molecule has 2 aromatic heterocycles. The molecule has 2 heterocycles. The Morgan fingerprint density at radius 1 is 1.06 bits per heavy atom. The fraction of sp³-hybridized carbons (Fsp3) is 0.455. The molecule has 0 unspecified atom stereocenters. The summed E-state index contributed by atoms with van der Waals surface area (Å²) in [7, 11) is 0. The van der Waals surface area contributed by atoms with Crippen LogP contribution in [-0.4, -0.2) is 19.6 Å². The largest absolute Gasteiger partial charge is 0.378 e. The van der Waals surface area contributed by atoms with Gasteiger partial charge in [0, 0.05) is 37.6 Å². The Bertz CT molecular complexity index is 400. The molecule has 0 aliphatic carbocycles. The van der Waals surface area contributed by atoms with Gasteiger partial charge in [-0.3, -0.25) is 9.36 Å². The van der Waals surface area contributed by atoms with E-state index in [1.807, 2.05) is 28.0 Å². The third-order valence-electron chi connectivity index (χ3n) is 2.46. The van der Waals surface area contributed by atoms with Gasteiger partial charge in [-0.05, 0) is 13.8 Å². The smallest absolute Gasteiger partial charge is 0.0729 e. The lowest BCUT2D eigenvalue weighted by Crippen LogP contribution is -1.98. The molecule has 0 aromatic carbocycles. The Kier molecular flexibility index (Phi) is 3.24. The van der Waals surface area contributed by atoms with Crippen molar-refractivity contribution in [1.82, 2.24) is 19.6 Å². The number of anilines is 1. The zero-order valence-corrected chi connectivity index (χ0v) is 9.72. The van der Waals surface area contributed by atoms with Crippen molar-refractivity contribution in [3.8, 4) is 0 Å². The molecule has 0 atom stereocenters. The van der Waals surface area contributed by atoms with Gasteiger partial charge in [0.15, 0.2) is 0 Å². The molecule has 1 N–H and O–H groups in total. The molecule has 16 heavy (non-hydrogen) atoms. The van der Waals surface area contributed by atoms with Crippen molar-refractivity contribution in [1.29, 1.82) is 0 Å². The Hall–Kier alpha value is -1.78. The van der Waals surface area contributed by atoms with Crippen molar-refractivity contribution in [2.45, 2.75) is 33.5 Å². The van der Waals surface area contributed by atoms with Gasteiger partial charge in [-0.15, -0.1) is 0 Å². The van der Waals surface area contributed by atoms with E-state index in [9.17, 15) is 0 Å². The van der Waals surface area contributed by atoms with Crippen LogP contribution >= 0.6 is 0 Å². The van der Waals surface area contributed by atoms with E-state index in [1.165, 1.54) is 5.56 Å². The highest BCUT2D eigenvalue weighted by Gasteiger charge is 1.99. The first-order valence-corrected chi connectivity index (χ1v) is 5.59. The van der Waals surface area contributed by atoms with E-state index in [4.69, 9.17) is 0 Å². The van der Waals surface area contributed by atoms with Crippen LogP contribution in [0.2, 0.25) is 0 Å². The third kappa shape index (κ3) is 2.42. The number of rotatable bonds is 5. The summed E-state index contributed by atoms with van der Waals surface area (Å²) in [6, 6.07) is 0. The average molecular weight is 219 g/mol. The number of hydrogen-bond acceptors (Lipinski definition) is 3. The van der Waals surface area contributed by atoms with Gasteiger partial charge in [-0.1, -0.05) is 0 Å². The van der Waals surface area contributed by atoms with Gasteiger partial charge in [0.25, 0.3) is 0 Å². The molecule has 0 bridgehead atoms. The van der Waals surface area contributed by atoms with Crippen molar-refractivity contribution in [2.24, 2.45) is 0 Å². The summed E-state index contributed by atoms with van der Waals surface area (Å²) in [5, 5.41) is 11.7. The highest BCUT2D eigenvalue weighted by Crippen LogP contribution is 2.07. The maximum absolute atomic E-state index is 4.22. The van der Waals surface area contributed by atoms with Crippen LogP contribution in [0.15, 0.2) is 24.8 Å². The molecular formula is C11H17N5. The summed E-state index contributed by atoms with van der Waals surface area (Å²) in [4.78, 5) is 0. The molecule has 5 nitrogen and oxygen atoms in total. The van der Waals surface area contributed by atoms with Crippen LogP contribution in [0.5, 0.6) is 0 Å². The molecule has 0 aliphatic rings. The molecule has 0 fully saturated rings. The molecule has 2 aromatic rings. The fourth-order valence-electron chi connectivity index (χ4n) is 1.50. The van der Waals surface area contributed by atoms with Crippen molar-refractivity contribution < 1.29 is 0 Å². The minimum Gasteiger partial charge on any atom is -0.378 e. The minimum atomic E-state index is 0.787. The molecular weight excluding hydrogens is 202 g/mol. The first-order chi connectivity index (χ1) is 7.81. The summed E-state index contributed by atoms with van der Waals surface area (Å²) in [5.41, 5.74) is 2.23. The Morgan fingerprint density at radius 2 is 1.75 bits per heavy atom. The third-order valence-corrected chi connectivity index (χ3v) is 2.46. The predicted octanol–water partition coefficient (Wildman–Crippen LogP) is 1.73. The second kappa shape index (κ2) is 4.83. The average Bonchev–Trinajstić information content (AvgIpc) is 2.95. The van der Waals surface area contributed by atoms with Gasteiger partial charge in [0.1, 0.15) is 0 Å². The summed E-state index contributed by atoms with van der Waals surface area (Å²) >= 11 is 0. The fourth-order valence-corrected chi connectivity index (χ4v) is 1.50. The SMILES string of the molecule is CCn1cc(CNc2cnn(CC)c2)cn1. The maximum atomic E-state index is 4.22. The van der Waals surface area contributed by atoms with E-state index >= 15 is 0 Å². The molecule has 0 radical (unpaired) electrons. The standard InChI is InChI=1S/C11H17N5/c1-3-15-8-10(6-13-15)5-12-11-7-14-16(4-2)9-11/h6-9,12H,3-5H2,1-2H3. The zero-order chi connectivity index (χ0) is 11.4. The number of aryl methyl sites for hydroxylation is 2. The highest BCUT2D eigenvalue weighted by atomic mass is 15.3. The van der Waals surface area contributed by atoms with Gasteiger partial charge < -0.3 is 5.32 Å². The van der Waals surface area contributed by atoms with Gasteiger partial charge in [-0.2, -0.15) is 10.2 Å². The van der Waals surface area contributed by atoms with Crippen LogP contribution in [0, 0.1) is 0 Å². The summed E-state index contributed by atoms with van der Waals surface area (Å²) < 4.78 is 3.82. The molecule has 0 aliphatic heterocycles. The van der Waals surface area contributed by atoms with Crippen molar-refractivity contribution >= 4 is 5.69 Å². The monoisotopic (exact) mass is 219 g/mol. The summed E-state index contributed by atoms with van der Waals surface area (Å²) in [6.45, 7) is 6.75. The Balaban J connectivity index is 1.91. The van der Waals surface area contributed by atoms with Gasteiger partial charge >= 0.3 is 0 Å². The Morgan fingerprint density at radius 3 is 2.38 bits per heavy atom. The summed E-state index contributed by atoms with van der Waals surface area (Å²) in [5.74, 6) is 0. The van der Waals surface area contributed by atoms with Gasteiger partial charge in [-0.25, -0.2) is 0 Å². The molecule has 2 rings (SSSR count). The van der Waals surface area contributed by atoms with E-state index in [1.54, 1.807) is 0 Å². The lowest BCUT2D eigenvalue weighted by molar-refractivity contribution is 0.659. The topological polar surface area (TPSA) is 47.7 Å². The van der Waals surface area contributed by atoms with E-state index < -0.39 is 0 Å². The van der Waals surface area contributed by atoms with Crippen molar-refractivity contribution in [2.75, 3.05) is 5.32 Å². The van der Waals surface area contributed by atoms with Crippen LogP contribution in [0.1, 0.15) is 19.4 Å². The van der Waals surface area contributed by atoms with Crippen LogP contribution in [0.25, 0.3) is 0 Å². The number of nitrogens with zero attached hydrogens (tertiary/aromatic N) is 4. The number of nitrogens with one attached hydrogen (secondary N) is 1. The number of hydrogen-bond donors (Lipinski definition) is 1. The molecule has 5 heteroatoms. The lowest BCUT2D eigenvalue weighted by Gasteiger charge is -1.99. The van der Waals surface area contributed by atoms with Gasteiger partial charge in [0.05, 0.1) is 18.1 Å².